The van der Waals surface area contributed by atoms with Crippen LogP contribution in [0.5, 0.6) is 0 Å². The fraction of sp³-hybridized carbons (Fsp3) is 0.833. The quantitative estimate of drug-likeness (QED) is 0.843. The lowest BCUT2D eigenvalue weighted by Crippen LogP contribution is -2.47. The van der Waals surface area contributed by atoms with Crippen LogP contribution >= 0.6 is 0 Å². The zero-order valence-electron chi connectivity index (χ0n) is 10.9. The molecule has 96 valence electrons. The Balaban J connectivity index is 1.77. The number of hydrogen-bond donors (Lipinski definition) is 1. The third-order valence-corrected chi connectivity index (χ3v) is 3.57. The predicted octanol–water partition coefficient (Wildman–Crippen LogP) is 0.850. The van der Waals surface area contributed by atoms with Gasteiger partial charge in [0, 0.05) is 25.6 Å². The molecule has 1 saturated heterocycles. The predicted molar refractivity (Wildman–Crippen MR) is 65.8 cm³/mol. The molecule has 1 aliphatic heterocycles. The Morgan fingerprint density at radius 2 is 2.35 bits per heavy atom. The smallest absolute Gasteiger partial charge is 0.227 e. The van der Waals surface area contributed by atoms with Crippen molar-refractivity contribution < 1.29 is 4.52 Å². The highest BCUT2D eigenvalue weighted by molar-refractivity contribution is 4.86. The Bertz CT molecular complexity index is 352. The molecule has 0 aliphatic carbocycles. The lowest BCUT2D eigenvalue weighted by molar-refractivity contribution is 0.149. The molecule has 0 radical (unpaired) electrons. The van der Waals surface area contributed by atoms with Gasteiger partial charge in [0.05, 0.1) is 0 Å². The van der Waals surface area contributed by atoms with Crippen LogP contribution in [-0.4, -0.2) is 47.8 Å². The summed E-state index contributed by atoms with van der Waals surface area (Å²) in [7, 11) is 2.05. The SMILES string of the molecule is CNC1CCN(CCc2nc(C)no2)CC1C. The third kappa shape index (κ3) is 3.26. The summed E-state index contributed by atoms with van der Waals surface area (Å²) < 4.78 is 5.12. The van der Waals surface area contributed by atoms with Gasteiger partial charge in [-0.1, -0.05) is 12.1 Å². The summed E-state index contributed by atoms with van der Waals surface area (Å²) in [5.74, 6) is 2.19. The summed E-state index contributed by atoms with van der Waals surface area (Å²) in [6.45, 7) is 7.49. The van der Waals surface area contributed by atoms with E-state index in [1.807, 2.05) is 6.92 Å². The molecule has 5 nitrogen and oxygen atoms in total. The largest absolute Gasteiger partial charge is 0.339 e. The van der Waals surface area contributed by atoms with E-state index >= 15 is 0 Å². The number of rotatable bonds is 4. The second kappa shape index (κ2) is 5.60. The van der Waals surface area contributed by atoms with E-state index in [0.29, 0.717) is 12.0 Å². The van der Waals surface area contributed by atoms with Crippen molar-refractivity contribution in [2.75, 3.05) is 26.7 Å². The molecule has 0 spiro atoms. The van der Waals surface area contributed by atoms with Crippen LogP contribution in [0.4, 0.5) is 0 Å². The number of aromatic nitrogens is 2. The molecule has 0 aromatic carbocycles. The van der Waals surface area contributed by atoms with Gasteiger partial charge in [-0.15, -0.1) is 0 Å². The topological polar surface area (TPSA) is 54.2 Å². The molecule has 1 fully saturated rings. The highest BCUT2D eigenvalue weighted by Crippen LogP contribution is 2.16. The molecule has 1 aromatic rings. The molecule has 2 heterocycles. The van der Waals surface area contributed by atoms with E-state index in [0.717, 1.165) is 37.8 Å². The van der Waals surface area contributed by atoms with E-state index in [1.165, 1.54) is 6.42 Å². The molecule has 1 aliphatic rings. The van der Waals surface area contributed by atoms with E-state index in [-0.39, 0.29) is 0 Å². The summed E-state index contributed by atoms with van der Waals surface area (Å²) in [6.07, 6.45) is 2.08. The van der Waals surface area contributed by atoms with Gasteiger partial charge in [0.2, 0.25) is 5.89 Å². The monoisotopic (exact) mass is 238 g/mol. The first-order valence-electron chi connectivity index (χ1n) is 6.38. The molecular formula is C12H22N4O. The number of aryl methyl sites for hydroxylation is 1. The van der Waals surface area contributed by atoms with Gasteiger partial charge in [0.1, 0.15) is 0 Å². The van der Waals surface area contributed by atoms with E-state index < -0.39 is 0 Å². The zero-order valence-corrected chi connectivity index (χ0v) is 10.9. The summed E-state index contributed by atoms with van der Waals surface area (Å²) in [4.78, 5) is 6.71. The Labute approximate surface area is 103 Å². The summed E-state index contributed by atoms with van der Waals surface area (Å²) in [6, 6.07) is 0.664. The van der Waals surface area contributed by atoms with Gasteiger partial charge in [-0.25, -0.2) is 0 Å². The Morgan fingerprint density at radius 3 is 2.94 bits per heavy atom. The zero-order chi connectivity index (χ0) is 12.3. The van der Waals surface area contributed by atoms with Gasteiger partial charge in [0.15, 0.2) is 5.82 Å². The molecule has 17 heavy (non-hydrogen) atoms. The maximum atomic E-state index is 5.12. The van der Waals surface area contributed by atoms with Gasteiger partial charge < -0.3 is 14.7 Å². The van der Waals surface area contributed by atoms with E-state index in [4.69, 9.17) is 4.52 Å². The number of nitrogens with zero attached hydrogens (tertiary/aromatic N) is 3. The molecule has 0 saturated carbocycles. The van der Waals surface area contributed by atoms with Crippen LogP contribution in [0.2, 0.25) is 0 Å². The van der Waals surface area contributed by atoms with Crippen molar-refractivity contribution in [3.8, 4) is 0 Å². The minimum absolute atomic E-state index is 0.664. The van der Waals surface area contributed by atoms with Crippen molar-refractivity contribution in [2.24, 2.45) is 5.92 Å². The van der Waals surface area contributed by atoms with Crippen molar-refractivity contribution in [3.63, 3.8) is 0 Å². The van der Waals surface area contributed by atoms with Crippen LogP contribution in [0.25, 0.3) is 0 Å². The van der Waals surface area contributed by atoms with E-state index in [1.54, 1.807) is 0 Å². The van der Waals surface area contributed by atoms with E-state index in [2.05, 4.69) is 34.3 Å². The average Bonchev–Trinajstić information content (AvgIpc) is 2.73. The molecular weight excluding hydrogens is 216 g/mol. The average molecular weight is 238 g/mol. The van der Waals surface area contributed by atoms with Crippen molar-refractivity contribution in [3.05, 3.63) is 11.7 Å². The number of piperidine rings is 1. The van der Waals surface area contributed by atoms with Gasteiger partial charge in [-0.05, 0) is 32.9 Å². The second-order valence-electron chi connectivity index (χ2n) is 4.95. The number of hydrogen-bond acceptors (Lipinski definition) is 5. The number of nitrogens with one attached hydrogen (secondary N) is 1. The first-order valence-corrected chi connectivity index (χ1v) is 6.38. The first kappa shape index (κ1) is 12.5. The molecule has 2 atom stereocenters. The Hall–Kier alpha value is -0.940. The standard InChI is InChI=1S/C12H22N4O/c1-9-8-16(6-4-11(9)13-3)7-5-12-14-10(2)15-17-12/h9,11,13H,4-8H2,1-3H3. The van der Waals surface area contributed by atoms with Crippen LogP contribution in [0.15, 0.2) is 4.52 Å². The third-order valence-electron chi connectivity index (χ3n) is 3.57. The number of likely N-dealkylation sites (tertiary alicyclic amines) is 1. The highest BCUT2D eigenvalue weighted by atomic mass is 16.5. The van der Waals surface area contributed by atoms with Crippen LogP contribution in [0.3, 0.4) is 0 Å². The second-order valence-corrected chi connectivity index (χ2v) is 4.95. The van der Waals surface area contributed by atoms with Crippen LogP contribution in [0.1, 0.15) is 25.1 Å². The minimum atomic E-state index is 0.664. The Kier molecular flexibility index (Phi) is 4.12. The van der Waals surface area contributed by atoms with Crippen molar-refractivity contribution in [2.45, 2.75) is 32.7 Å². The highest BCUT2D eigenvalue weighted by Gasteiger charge is 2.24. The van der Waals surface area contributed by atoms with Crippen molar-refractivity contribution in [1.29, 1.82) is 0 Å². The molecule has 5 heteroatoms. The Morgan fingerprint density at radius 1 is 1.53 bits per heavy atom. The molecule has 1 N–H and O–H groups in total. The lowest BCUT2D eigenvalue weighted by atomic mass is 9.94. The van der Waals surface area contributed by atoms with Gasteiger partial charge in [-0.3, -0.25) is 0 Å². The van der Waals surface area contributed by atoms with Crippen LogP contribution < -0.4 is 5.32 Å². The maximum Gasteiger partial charge on any atom is 0.227 e. The fourth-order valence-electron chi connectivity index (χ4n) is 2.56. The first-order chi connectivity index (χ1) is 8.19. The van der Waals surface area contributed by atoms with E-state index in [9.17, 15) is 0 Å². The van der Waals surface area contributed by atoms with Crippen molar-refractivity contribution >= 4 is 0 Å². The summed E-state index contributed by atoms with van der Waals surface area (Å²) in [5, 5.41) is 7.19. The van der Waals surface area contributed by atoms with Crippen LogP contribution in [0, 0.1) is 12.8 Å². The van der Waals surface area contributed by atoms with Crippen LogP contribution in [-0.2, 0) is 6.42 Å². The molecule has 0 bridgehead atoms. The minimum Gasteiger partial charge on any atom is -0.339 e. The fourth-order valence-corrected chi connectivity index (χ4v) is 2.56. The molecule has 2 rings (SSSR count). The molecule has 1 aromatic heterocycles. The molecule has 2 unspecified atom stereocenters. The van der Waals surface area contributed by atoms with Gasteiger partial charge in [-0.2, -0.15) is 4.98 Å². The summed E-state index contributed by atoms with van der Waals surface area (Å²) in [5.41, 5.74) is 0. The van der Waals surface area contributed by atoms with Gasteiger partial charge in [0.25, 0.3) is 0 Å². The lowest BCUT2D eigenvalue weighted by Gasteiger charge is -2.36. The normalized spacial score (nSPS) is 26.3. The van der Waals surface area contributed by atoms with Gasteiger partial charge >= 0.3 is 0 Å². The van der Waals surface area contributed by atoms with Crippen molar-refractivity contribution in [1.82, 2.24) is 20.4 Å². The molecule has 0 amide bonds. The maximum absolute atomic E-state index is 5.12. The summed E-state index contributed by atoms with van der Waals surface area (Å²) >= 11 is 0.